The zero-order valence-corrected chi connectivity index (χ0v) is 14.9. The molecule has 1 aliphatic rings. The van der Waals surface area contributed by atoms with Crippen molar-refractivity contribution < 1.29 is 18.8 Å². The molecule has 0 atom stereocenters. The van der Waals surface area contributed by atoms with Gasteiger partial charge >= 0.3 is 6.03 Å². The molecule has 8 nitrogen and oxygen atoms in total. The molecule has 0 unspecified atom stereocenters. The molecule has 1 fully saturated rings. The topological polar surface area (TPSA) is 94.9 Å². The third kappa shape index (κ3) is 5.10. The zero-order valence-electron chi connectivity index (χ0n) is 14.9. The van der Waals surface area contributed by atoms with Crippen molar-refractivity contribution in [2.75, 3.05) is 38.0 Å². The van der Waals surface area contributed by atoms with E-state index in [9.17, 15) is 14.4 Å². The summed E-state index contributed by atoms with van der Waals surface area (Å²) in [4.78, 5) is 39.7. The Hall–Kier alpha value is -3.29. The molecule has 0 aliphatic carbocycles. The summed E-state index contributed by atoms with van der Waals surface area (Å²) in [5.74, 6) is 0.106. The smallest absolute Gasteiger partial charge is 0.319 e. The summed E-state index contributed by atoms with van der Waals surface area (Å²) in [7, 11) is 0. The number of piperazine rings is 1. The Bertz CT molecular complexity index is 768. The number of amides is 4. The van der Waals surface area contributed by atoms with Crippen molar-refractivity contribution in [1.29, 1.82) is 0 Å². The van der Waals surface area contributed by atoms with Gasteiger partial charge in [-0.2, -0.15) is 0 Å². The molecule has 3 rings (SSSR count). The van der Waals surface area contributed by atoms with Crippen LogP contribution < -0.4 is 10.6 Å². The lowest BCUT2D eigenvalue weighted by Gasteiger charge is -2.34. The van der Waals surface area contributed by atoms with Crippen molar-refractivity contribution >= 4 is 23.5 Å². The average molecular weight is 370 g/mol. The first-order chi connectivity index (χ1) is 13.1. The molecular formula is C19H22N4O4. The van der Waals surface area contributed by atoms with Gasteiger partial charge in [0.2, 0.25) is 5.91 Å². The van der Waals surface area contributed by atoms with E-state index in [4.69, 9.17) is 4.42 Å². The molecule has 1 aromatic carbocycles. The van der Waals surface area contributed by atoms with E-state index in [0.717, 1.165) is 0 Å². The van der Waals surface area contributed by atoms with Gasteiger partial charge in [0.1, 0.15) is 0 Å². The summed E-state index contributed by atoms with van der Waals surface area (Å²) in [6.45, 7) is 2.13. The minimum atomic E-state index is -0.345. The van der Waals surface area contributed by atoms with Crippen LogP contribution in [0.25, 0.3) is 0 Å². The van der Waals surface area contributed by atoms with Gasteiger partial charge in [0.05, 0.1) is 6.26 Å². The SMILES string of the molecule is O=C(NCCC(=O)N1CCN(C(=O)c2ccco2)CC1)Nc1ccccc1. The molecule has 8 heteroatoms. The van der Waals surface area contributed by atoms with Crippen molar-refractivity contribution in [3.8, 4) is 0 Å². The number of urea groups is 1. The lowest BCUT2D eigenvalue weighted by molar-refractivity contribution is -0.132. The molecule has 2 N–H and O–H groups in total. The second-order valence-electron chi connectivity index (χ2n) is 6.15. The van der Waals surface area contributed by atoms with Crippen molar-refractivity contribution in [2.45, 2.75) is 6.42 Å². The van der Waals surface area contributed by atoms with E-state index in [-0.39, 0.29) is 30.8 Å². The van der Waals surface area contributed by atoms with E-state index in [1.54, 1.807) is 34.1 Å². The Morgan fingerprint density at radius 3 is 2.30 bits per heavy atom. The molecule has 2 aromatic rings. The molecule has 4 amide bonds. The van der Waals surface area contributed by atoms with Gasteiger partial charge in [-0.3, -0.25) is 9.59 Å². The van der Waals surface area contributed by atoms with Gasteiger partial charge in [-0.15, -0.1) is 0 Å². The van der Waals surface area contributed by atoms with Crippen LogP contribution in [0.1, 0.15) is 17.0 Å². The van der Waals surface area contributed by atoms with Gasteiger partial charge in [-0.1, -0.05) is 18.2 Å². The maximum absolute atomic E-state index is 12.3. The molecule has 1 saturated heterocycles. The van der Waals surface area contributed by atoms with Crippen LogP contribution in [0.5, 0.6) is 0 Å². The van der Waals surface area contributed by atoms with E-state index in [0.29, 0.717) is 37.6 Å². The van der Waals surface area contributed by atoms with Gasteiger partial charge in [0, 0.05) is 44.8 Å². The van der Waals surface area contributed by atoms with Crippen LogP contribution in [0.15, 0.2) is 53.1 Å². The number of carbonyl (C=O) groups excluding carboxylic acids is 3. The standard InChI is InChI=1S/C19H22N4O4/c24-17(8-9-20-19(26)21-15-5-2-1-3-6-15)22-10-12-23(13-11-22)18(25)16-7-4-14-27-16/h1-7,14H,8-13H2,(H2,20,21,26). The summed E-state index contributed by atoms with van der Waals surface area (Å²) in [5.41, 5.74) is 0.693. The molecule has 142 valence electrons. The number of carbonyl (C=O) groups is 3. The molecule has 0 spiro atoms. The number of hydrogen-bond acceptors (Lipinski definition) is 4. The lowest BCUT2D eigenvalue weighted by atomic mass is 10.2. The van der Waals surface area contributed by atoms with Crippen molar-refractivity contribution in [3.05, 3.63) is 54.5 Å². The number of rotatable bonds is 5. The quantitative estimate of drug-likeness (QED) is 0.839. The van der Waals surface area contributed by atoms with Gasteiger partial charge in [0.25, 0.3) is 5.91 Å². The Morgan fingerprint density at radius 2 is 1.63 bits per heavy atom. The zero-order chi connectivity index (χ0) is 19.1. The molecule has 1 aliphatic heterocycles. The van der Waals surface area contributed by atoms with E-state index in [2.05, 4.69) is 10.6 Å². The predicted octanol–water partition coefficient (Wildman–Crippen LogP) is 1.78. The predicted molar refractivity (Wildman–Crippen MR) is 99.3 cm³/mol. The van der Waals surface area contributed by atoms with Crippen LogP contribution in [0.4, 0.5) is 10.5 Å². The number of hydrogen-bond donors (Lipinski definition) is 2. The minimum absolute atomic E-state index is 0.0416. The van der Waals surface area contributed by atoms with E-state index < -0.39 is 0 Å². The molecule has 27 heavy (non-hydrogen) atoms. The highest BCUT2D eigenvalue weighted by Gasteiger charge is 2.25. The first-order valence-corrected chi connectivity index (χ1v) is 8.84. The number of furan rings is 1. The molecule has 0 radical (unpaired) electrons. The highest BCUT2D eigenvalue weighted by molar-refractivity contribution is 5.91. The Kier molecular flexibility index (Phi) is 6.09. The highest BCUT2D eigenvalue weighted by Crippen LogP contribution is 2.10. The number of nitrogens with one attached hydrogen (secondary N) is 2. The minimum Gasteiger partial charge on any atom is -0.459 e. The second-order valence-corrected chi connectivity index (χ2v) is 6.15. The fourth-order valence-electron chi connectivity index (χ4n) is 2.85. The summed E-state index contributed by atoms with van der Waals surface area (Å²) in [6, 6.07) is 12.1. The molecule has 1 aromatic heterocycles. The van der Waals surface area contributed by atoms with E-state index in [1.807, 2.05) is 18.2 Å². The summed E-state index contributed by atoms with van der Waals surface area (Å²) in [5, 5.41) is 5.37. The fraction of sp³-hybridized carbons (Fsp3) is 0.316. The average Bonchev–Trinajstić information content (AvgIpc) is 3.23. The van der Waals surface area contributed by atoms with Crippen LogP contribution in [-0.4, -0.2) is 60.4 Å². The molecule has 2 heterocycles. The van der Waals surface area contributed by atoms with Crippen LogP contribution in [0.2, 0.25) is 0 Å². The fourth-order valence-corrected chi connectivity index (χ4v) is 2.85. The number of para-hydroxylation sites is 1. The van der Waals surface area contributed by atoms with Gasteiger partial charge in [0.15, 0.2) is 5.76 Å². The normalized spacial score (nSPS) is 13.9. The third-order valence-corrected chi connectivity index (χ3v) is 4.31. The van der Waals surface area contributed by atoms with Crippen LogP contribution in [0, 0.1) is 0 Å². The maximum atomic E-state index is 12.3. The van der Waals surface area contributed by atoms with Crippen LogP contribution in [-0.2, 0) is 4.79 Å². The molecular weight excluding hydrogens is 348 g/mol. The summed E-state index contributed by atoms with van der Waals surface area (Å²) in [6.07, 6.45) is 1.68. The van der Waals surface area contributed by atoms with Crippen molar-refractivity contribution in [3.63, 3.8) is 0 Å². The first kappa shape index (κ1) is 18.5. The first-order valence-electron chi connectivity index (χ1n) is 8.84. The number of benzene rings is 1. The van der Waals surface area contributed by atoms with E-state index >= 15 is 0 Å². The van der Waals surface area contributed by atoms with Crippen LogP contribution in [0.3, 0.4) is 0 Å². The van der Waals surface area contributed by atoms with Gasteiger partial charge in [-0.05, 0) is 24.3 Å². The number of nitrogens with zero attached hydrogens (tertiary/aromatic N) is 2. The number of anilines is 1. The monoisotopic (exact) mass is 370 g/mol. The molecule has 0 bridgehead atoms. The third-order valence-electron chi connectivity index (χ3n) is 4.31. The van der Waals surface area contributed by atoms with Crippen molar-refractivity contribution in [1.82, 2.24) is 15.1 Å². The largest absolute Gasteiger partial charge is 0.459 e. The Balaban J connectivity index is 1.36. The maximum Gasteiger partial charge on any atom is 0.319 e. The summed E-state index contributed by atoms with van der Waals surface area (Å²) >= 11 is 0. The van der Waals surface area contributed by atoms with Crippen LogP contribution >= 0.6 is 0 Å². The van der Waals surface area contributed by atoms with Crippen molar-refractivity contribution in [2.24, 2.45) is 0 Å². The van der Waals surface area contributed by atoms with Gasteiger partial charge < -0.3 is 24.9 Å². The Morgan fingerprint density at radius 1 is 0.926 bits per heavy atom. The van der Waals surface area contributed by atoms with Gasteiger partial charge in [-0.25, -0.2) is 4.79 Å². The lowest BCUT2D eigenvalue weighted by Crippen LogP contribution is -2.51. The van der Waals surface area contributed by atoms with E-state index in [1.165, 1.54) is 6.26 Å². The highest BCUT2D eigenvalue weighted by atomic mass is 16.3. The Labute approximate surface area is 157 Å². The second kappa shape index (κ2) is 8.88. The molecule has 0 saturated carbocycles. The summed E-state index contributed by atoms with van der Waals surface area (Å²) < 4.78 is 5.12.